The van der Waals surface area contributed by atoms with Crippen LogP contribution in [-0.4, -0.2) is 29.3 Å². The van der Waals surface area contributed by atoms with Crippen molar-refractivity contribution in [1.29, 1.82) is 0 Å². The van der Waals surface area contributed by atoms with Crippen LogP contribution in [0.4, 0.5) is 0 Å². The van der Waals surface area contributed by atoms with E-state index in [9.17, 15) is 4.79 Å². The number of aliphatic carboxylic acids is 1. The second-order valence-electron chi connectivity index (χ2n) is 3.37. The van der Waals surface area contributed by atoms with Crippen LogP contribution in [-0.2, 0) is 4.79 Å². The molecule has 0 aliphatic carbocycles. The lowest BCUT2D eigenvalue weighted by molar-refractivity contribution is -0.131. The second kappa shape index (κ2) is 4.77. The summed E-state index contributed by atoms with van der Waals surface area (Å²) < 4.78 is 0. The number of aliphatic hydroxyl groups excluding tert-OH is 1. The lowest BCUT2D eigenvalue weighted by Crippen LogP contribution is -2.29. The predicted octanol–water partition coefficient (Wildman–Crippen LogP) is 0.193. The minimum Gasteiger partial charge on any atom is -0.478 e. The number of carbonyl (C=O) groups is 1. The normalized spacial score (nSPS) is 11.9. The molecule has 4 heteroatoms. The van der Waals surface area contributed by atoms with Gasteiger partial charge in [-0.05, 0) is 0 Å². The van der Waals surface area contributed by atoms with Crippen molar-refractivity contribution in [3.05, 3.63) is 12.3 Å². The number of nitrogens with one attached hydrogen (secondary N) is 1. The predicted molar refractivity (Wildman–Crippen MR) is 45.6 cm³/mol. The van der Waals surface area contributed by atoms with E-state index in [4.69, 9.17) is 10.2 Å². The fourth-order valence-corrected chi connectivity index (χ4v) is 0.521. The molecular weight excluding hydrogens is 158 g/mol. The highest BCUT2D eigenvalue weighted by molar-refractivity contribution is 5.79. The van der Waals surface area contributed by atoms with E-state index < -0.39 is 5.97 Å². The Hall–Kier alpha value is -1.03. The summed E-state index contributed by atoms with van der Waals surface area (Å²) in [5, 5.41) is 19.8. The number of carboxylic acids is 1. The Balaban J connectivity index is 3.63. The molecule has 0 unspecified atom stereocenters. The van der Waals surface area contributed by atoms with Crippen molar-refractivity contribution in [2.24, 2.45) is 5.41 Å². The summed E-state index contributed by atoms with van der Waals surface area (Å²) in [4.78, 5) is 10.0. The van der Waals surface area contributed by atoms with Gasteiger partial charge < -0.3 is 15.5 Å². The van der Waals surface area contributed by atoms with Gasteiger partial charge in [0, 0.05) is 30.8 Å². The van der Waals surface area contributed by atoms with Crippen molar-refractivity contribution in [1.82, 2.24) is 5.32 Å². The van der Waals surface area contributed by atoms with Gasteiger partial charge in [-0.3, -0.25) is 0 Å². The number of hydrogen-bond acceptors (Lipinski definition) is 3. The van der Waals surface area contributed by atoms with E-state index in [2.05, 4.69) is 5.32 Å². The Labute approximate surface area is 71.9 Å². The van der Waals surface area contributed by atoms with Crippen LogP contribution in [0.2, 0.25) is 0 Å². The van der Waals surface area contributed by atoms with E-state index in [0.29, 0.717) is 6.54 Å². The molecule has 0 radical (unpaired) electrons. The molecule has 0 atom stereocenters. The summed E-state index contributed by atoms with van der Waals surface area (Å²) in [6, 6.07) is 0. The largest absolute Gasteiger partial charge is 0.478 e. The number of rotatable bonds is 5. The Morgan fingerprint density at radius 1 is 1.58 bits per heavy atom. The Kier molecular flexibility index (Phi) is 4.36. The van der Waals surface area contributed by atoms with Gasteiger partial charge in [-0.25, -0.2) is 4.79 Å². The van der Waals surface area contributed by atoms with Crippen molar-refractivity contribution in [2.45, 2.75) is 13.8 Å². The molecule has 12 heavy (non-hydrogen) atoms. The molecule has 0 bridgehead atoms. The van der Waals surface area contributed by atoms with E-state index >= 15 is 0 Å². The minimum atomic E-state index is -0.982. The van der Waals surface area contributed by atoms with E-state index in [1.165, 1.54) is 6.20 Å². The van der Waals surface area contributed by atoms with Crippen LogP contribution in [0.15, 0.2) is 12.3 Å². The highest BCUT2D eigenvalue weighted by Gasteiger charge is 2.14. The van der Waals surface area contributed by atoms with Gasteiger partial charge in [-0.2, -0.15) is 0 Å². The van der Waals surface area contributed by atoms with E-state index in [1.807, 2.05) is 13.8 Å². The smallest absolute Gasteiger partial charge is 0.329 e. The van der Waals surface area contributed by atoms with Gasteiger partial charge in [-0.1, -0.05) is 13.8 Å². The maximum Gasteiger partial charge on any atom is 0.329 e. The van der Waals surface area contributed by atoms with Crippen LogP contribution in [0.5, 0.6) is 0 Å². The molecule has 0 aliphatic heterocycles. The first-order valence-corrected chi connectivity index (χ1v) is 3.72. The summed E-state index contributed by atoms with van der Waals surface area (Å²) in [5.41, 5.74) is -0.219. The first-order valence-electron chi connectivity index (χ1n) is 3.72. The molecule has 70 valence electrons. The van der Waals surface area contributed by atoms with Gasteiger partial charge in [0.15, 0.2) is 0 Å². The summed E-state index contributed by atoms with van der Waals surface area (Å²) in [7, 11) is 0. The van der Waals surface area contributed by atoms with Crippen molar-refractivity contribution < 1.29 is 15.0 Å². The van der Waals surface area contributed by atoms with Gasteiger partial charge in [0.25, 0.3) is 0 Å². The summed E-state index contributed by atoms with van der Waals surface area (Å²) in [5.74, 6) is -0.982. The molecule has 0 aromatic rings. The fraction of sp³-hybridized carbons (Fsp3) is 0.625. The van der Waals surface area contributed by atoms with Crippen LogP contribution in [0.3, 0.4) is 0 Å². The van der Waals surface area contributed by atoms with Crippen LogP contribution in [0, 0.1) is 5.41 Å². The first-order chi connectivity index (χ1) is 5.48. The second-order valence-corrected chi connectivity index (χ2v) is 3.37. The van der Waals surface area contributed by atoms with Gasteiger partial charge in [0.1, 0.15) is 0 Å². The van der Waals surface area contributed by atoms with Crippen molar-refractivity contribution in [2.75, 3.05) is 13.2 Å². The van der Waals surface area contributed by atoms with E-state index in [0.717, 1.165) is 6.08 Å². The zero-order chi connectivity index (χ0) is 9.61. The lowest BCUT2D eigenvalue weighted by atomic mass is 9.95. The Morgan fingerprint density at radius 2 is 2.17 bits per heavy atom. The maximum atomic E-state index is 10.0. The third kappa shape index (κ3) is 5.73. The molecule has 0 aromatic carbocycles. The molecule has 0 saturated heterocycles. The van der Waals surface area contributed by atoms with Crippen LogP contribution < -0.4 is 5.32 Å². The van der Waals surface area contributed by atoms with Crippen LogP contribution in [0.25, 0.3) is 0 Å². The highest BCUT2D eigenvalue weighted by atomic mass is 16.4. The number of carboxylic acid groups (broad SMARTS) is 1. The molecule has 0 rings (SSSR count). The van der Waals surface area contributed by atoms with Gasteiger partial charge in [-0.15, -0.1) is 0 Å². The quantitative estimate of drug-likeness (QED) is 0.519. The molecule has 0 aliphatic rings. The molecule has 0 heterocycles. The maximum absolute atomic E-state index is 10.0. The zero-order valence-corrected chi connectivity index (χ0v) is 7.37. The summed E-state index contributed by atoms with van der Waals surface area (Å²) >= 11 is 0. The van der Waals surface area contributed by atoms with Gasteiger partial charge in [0.05, 0.1) is 0 Å². The molecule has 0 spiro atoms. The molecule has 0 aromatic heterocycles. The molecule has 0 amide bonds. The average Bonchev–Trinajstić information content (AvgIpc) is 1.98. The molecule has 0 fully saturated rings. The molecule has 4 nitrogen and oxygen atoms in total. The number of aliphatic hydroxyl groups is 1. The van der Waals surface area contributed by atoms with Crippen molar-refractivity contribution in [3.8, 4) is 0 Å². The van der Waals surface area contributed by atoms with E-state index in [-0.39, 0.29) is 12.0 Å². The van der Waals surface area contributed by atoms with Gasteiger partial charge >= 0.3 is 5.97 Å². The topological polar surface area (TPSA) is 69.6 Å². The number of hydrogen-bond donors (Lipinski definition) is 3. The highest BCUT2D eigenvalue weighted by Crippen LogP contribution is 2.10. The lowest BCUT2D eigenvalue weighted by Gasteiger charge is -2.20. The first kappa shape index (κ1) is 11.0. The average molecular weight is 173 g/mol. The van der Waals surface area contributed by atoms with Crippen molar-refractivity contribution >= 4 is 5.97 Å². The van der Waals surface area contributed by atoms with E-state index in [1.54, 1.807) is 0 Å². The SMILES string of the molecule is CC(C)(CO)CN/C=C/C(=O)O. The Morgan fingerprint density at radius 3 is 2.58 bits per heavy atom. The third-order valence-electron chi connectivity index (χ3n) is 1.35. The standard InChI is InChI=1S/C8H15NO3/c1-8(2,6-10)5-9-4-3-7(11)12/h3-4,9-10H,5-6H2,1-2H3,(H,11,12)/b4-3+. The minimum absolute atomic E-state index is 0.0703. The monoisotopic (exact) mass is 173 g/mol. The summed E-state index contributed by atoms with van der Waals surface area (Å²) in [6.45, 7) is 4.39. The zero-order valence-electron chi connectivity index (χ0n) is 7.37. The molecule has 3 N–H and O–H groups in total. The fourth-order valence-electron chi connectivity index (χ4n) is 0.521. The molecule has 0 saturated carbocycles. The van der Waals surface area contributed by atoms with Gasteiger partial charge in [0.2, 0.25) is 0 Å². The summed E-state index contributed by atoms with van der Waals surface area (Å²) in [6.07, 6.45) is 2.38. The van der Waals surface area contributed by atoms with Crippen LogP contribution >= 0.6 is 0 Å². The van der Waals surface area contributed by atoms with Crippen LogP contribution in [0.1, 0.15) is 13.8 Å². The molecular formula is C8H15NO3. The Bertz CT molecular complexity index is 175. The van der Waals surface area contributed by atoms with Crippen molar-refractivity contribution in [3.63, 3.8) is 0 Å². The third-order valence-corrected chi connectivity index (χ3v) is 1.35.